The van der Waals surface area contributed by atoms with Gasteiger partial charge in [-0.15, -0.1) is 0 Å². The molecule has 3 aromatic rings. The molecule has 98 valence electrons. The zero-order valence-electron chi connectivity index (χ0n) is 11.2. The van der Waals surface area contributed by atoms with Crippen LogP contribution < -0.4 is 5.43 Å². The van der Waals surface area contributed by atoms with Crippen LogP contribution >= 0.6 is 0 Å². The highest BCUT2D eigenvalue weighted by molar-refractivity contribution is 5.99. The third kappa shape index (κ3) is 2.52. The van der Waals surface area contributed by atoms with E-state index in [1.165, 1.54) is 0 Å². The van der Waals surface area contributed by atoms with E-state index < -0.39 is 0 Å². The quantitative estimate of drug-likeness (QED) is 0.570. The average Bonchev–Trinajstić information content (AvgIpc) is 2.53. The van der Waals surface area contributed by atoms with Gasteiger partial charge in [-0.25, -0.2) is 0 Å². The second-order valence-electron chi connectivity index (χ2n) is 4.56. The molecule has 0 saturated carbocycles. The van der Waals surface area contributed by atoms with Gasteiger partial charge in [-0.2, -0.15) is 5.10 Å². The molecule has 0 fully saturated rings. The number of hydrogen-bond acceptors (Lipinski definition) is 3. The summed E-state index contributed by atoms with van der Waals surface area (Å²) in [6.45, 7) is 1.99. The Labute approximate surface area is 118 Å². The lowest BCUT2D eigenvalue weighted by Gasteiger charge is -2.06. The van der Waals surface area contributed by atoms with Crippen LogP contribution in [0.5, 0.6) is 0 Å². The van der Waals surface area contributed by atoms with Gasteiger partial charge in [0.05, 0.1) is 16.9 Å². The van der Waals surface area contributed by atoms with Crippen LogP contribution in [0.2, 0.25) is 0 Å². The van der Waals surface area contributed by atoms with Gasteiger partial charge in [0.25, 0.3) is 0 Å². The van der Waals surface area contributed by atoms with Crippen molar-refractivity contribution in [3.8, 4) is 0 Å². The van der Waals surface area contributed by atoms with Gasteiger partial charge in [0.2, 0.25) is 0 Å². The molecule has 1 aromatic heterocycles. The Balaban J connectivity index is 1.91. The third-order valence-corrected chi connectivity index (χ3v) is 3.17. The van der Waals surface area contributed by atoms with Crippen molar-refractivity contribution in [3.63, 3.8) is 0 Å². The summed E-state index contributed by atoms with van der Waals surface area (Å²) in [7, 11) is 0. The molecule has 0 spiro atoms. The van der Waals surface area contributed by atoms with Gasteiger partial charge < -0.3 is 0 Å². The van der Waals surface area contributed by atoms with Crippen molar-refractivity contribution in [3.05, 3.63) is 72.4 Å². The highest BCUT2D eigenvalue weighted by Crippen LogP contribution is 2.20. The van der Waals surface area contributed by atoms with Crippen LogP contribution in [0.3, 0.4) is 0 Å². The number of fused-ring (bicyclic) bond motifs is 1. The first-order chi connectivity index (χ1) is 9.84. The molecule has 0 saturated heterocycles. The number of nitrogens with zero attached hydrogens (tertiary/aromatic N) is 2. The first-order valence-electron chi connectivity index (χ1n) is 6.54. The van der Waals surface area contributed by atoms with Crippen molar-refractivity contribution in [1.29, 1.82) is 0 Å². The predicted octanol–water partition coefficient (Wildman–Crippen LogP) is 4.07. The summed E-state index contributed by atoms with van der Waals surface area (Å²) in [5, 5.41) is 5.54. The number of hydrogen-bond donors (Lipinski definition) is 1. The van der Waals surface area contributed by atoms with Crippen molar-refractivity contribution in [1.82, 2.24) is 4.98 Å². The van der Waals surface area contributed by atoms with Crippen LogP contribution in [0.15, 0.2) is 72.0 Å². The number of hydrazone groups is 1. The number of aromatic nitrogens is 1. The molecule has 1 heterocycles. The van der Waals surface area contributed by atoms with Crippen LogP contribution in [0, 0.1) is 0 Å². The Kier molecular flexibility index (Phi) is 3.42. The van der Waals surface area contributed by atoms with Gasteiger partial charge in [-0.05, 0) is 24.6 Å². The number of rotatable bonds is 3. The number of benzene rings is 2. The molecule has 3 rings (SSSR count). The van der Waals surface area contributed by atoms with Crippen molar-refractivity contribution in [2.75, 3.05) is 5.43 Å². The Morgan fingerprint density at radius 1 is 0.950 bits per heavy atom. The number of para-hydroxylation sites is 1. The molecule has 20 heavy (non-hydrogen) atoms. The van der Waals surface area contributed by atoms with E-state index in [-0.39, 0.29) is 0 Å². The van der Waals surface area contributed by atoms with Gasteiger partial charge in [0.1, 0.15) is 0 Å². The van der Waals surface area contributed by atoms with E-state index in [9.17, 15) is 0 Å². The lowest BCUT2D eigenvalue weighted by molar-refractivity contribution is 1.31. The third-order valence-electron chi connectivity index (χ3n) is 3.17. The highest BCUT2D eigenvalue weighted by Gasteiger charge is 2.01. The van der Waals surface area contributed by atoms with Crippen LogP contribution in [0.25, 0.3) is 10.9 Å². The minimum atomic E-state index is 0.915. The van der Waals surface area contributed by atoms with Crippen molar-refractivity contribution < 1.29 is 0 Å². The van der Waals surface area contributed by atoms with Gasteiger partial charge in [0, 0.05) is 11.6 Å². The molecule has 3 heteroatoms. The molecular formula is C17H15N3. The first kappa shape index (κ1) is 12.4. The van der Waals surface area contributed by atoms with Gasteiger partial charge in [0.15, 0.2) is 0 Å². The molecule has 0 amide bonds. The highest BCUT2D eigenvalue weighted by atomic mass is 15.3. The SMILES string of the molecule is CC(=NNc1cccc2cccnc12)c1ccccc1. The van der Waals surface area contributed by atoms with Crippen LogP contribution in [0.1, 0.15) is 12.5 Å². The van der Waals surface area contributed by atoms with E-state index in [0.717, 1.165) is 27.9 Å². The van der Waals surface area contributed by atoms with E-state index in [4.69, 9.17) is 0 Å². The molecule has 2 aromatic carbocycles. The van der Waals surface area contributed by atoms with Crippen molar-refractivity contribution in [2.45, 2.75) is 6.92 Å². The first-order valence-corrected chi connectivity index (χ1v) is 6.54. The molecule has 0 aliphatic carbocycles. The van der Waals surface area contributed by atoms with Gasteiger partial charge >= 0.3 is 0 Å². The minimum absolute atomic E-state index is 0.915. The van der Waals surface area contributed by atoms with E-state index in [1.807, 2.05) is 67.6 Å². The summed E-state index contributed by atoms with van der Waals surface area (Å²) in [6.07, 6.45) is 1.79. The topological polar surface area (TPSA) is 37.3 Å². The Morgan fingerprint density at radius 2 is 1.75 bits per heavy atom. The maximum Gasteiger partial charge on any atom is 0.0951 e. The summed E-state index contributed by atoms with van der Waals surface area (Å²) < 4.78 is 0. The second-order valence-corrected chi connectivity index (χ2v) is 4.56. The lowest BCUT2D eigenvalue weighted by Crippen LogP contribution is -2.00. The molecule has 0 atom stereocenters. The van der Waals surface area contributed by atoms with Gasteiger partial charge in [-0.3, -0.25) is 10.4 Å². The fourth-order valence-electron chi connectivity index (χ4n) is 2.08. The largest absolute Gasteiger partial charge is 0.276 e. The fraction of sp³-hybridized carbons (Fsp3) is 0.0588. The van der Waals surface area contributed by atoms with E-state index in [0.29, 0.717) is 0 Å². The number of nitrogens with one attached hydrogen (secondary N) is 1. The summed E-state index contributed by atoms with van der Waals surface area (Å²) in [4.78, 5) is 4.40. The maximum atomic E-state index is 4.44. The smallest absolute Gasteiger partial charge is 0.0951 e. The molecule has 1 N–H and O–H groups in total. The Hall–Kier alpha value is -2.68. The van der Waals surface area contributed by atoms with Crippen molar-refractivity contribution >= 4 is 22.3 Å². The molecule has 0 radical (unpaired) electrons. The van der Waals surface area contributed by atoms with E-state index in [1.54, 1.807) is 6.20 Å². The summed E-state index contributed by atoms with van der Waals surface area (Å²) in [5.74, 6) is 0. The number of pyridine rings is 1. The predicted molar refractivity (Wildman–Crippen MR) is 84.0 cm³/mol. The Bertz CT molecular complexity index is 743. The fourth-order valence-corrected chi connectivity index (χ4v) is 2.08. The molecule has 3 nitrogen and oxygen atoms in total. The maximum absolute atomic E-state index is 4.44. The lowest BCUT2D eigenvalue weighted by atomic mass is 10.1. The normalized spacial score (nSPS) is 11.6. The minimum Gasteiger partial charge on any atom is -0.276 e. The molecule has 0 aliphatic rings. The zero-order chi connectivity index (χ0) is 13.8. The Morgan fingerprint density at radius 3 is 2.60 bits per heavy atom. The second kappa shape index (κ2) is 5.53. The van der Waals surface area contributed by atoms with Crippen LogP contribution in [-0.4, -0.2) is 10.7 Å². The summed E-state index contributed by atoms with van der Waals surface area (Å²) in [5.41, 5.74) is 7.00. The van der Waals surface area contributed by atoms with Crippen LogP contribution in [-0.2, 0) is 0 Å². The standard InChI is InChI=1S/C17H15N3/c1-13(14-7-3-2-4-8-14)19-20-16-11-5-9-15-10-6-12-18-17(15)16/h2-12,20H,1H3. The average molecular weight is 261 g/mol. The summed E-state index contributed by atoms with van der Waals surface area (Å²) >= 11 is 0. The van der Waals surface area contributed by atoms with Crippen LogP contribution in [0.4, 0.5) is 5.69 Å². The summed E-state index contributed by atoms with van der Waals surface area (Å²) in [6, 6.07) is 20.1. The zero-order valence-corrected chi connectivity index (χ0v) is 11.2. The van der Waals surface area contributed by atoms with Crippen molar-refractivity contribution in [2.24, 2.45) is 5.10 Å². The monoisotopic (exact) mass is 261 g/mol. The van der Waals surface area contributed by atoms with E-state index in [2.05, 4.69) is 15.5 Å². The molecular weight excluding hydrogens is 246 g/mol. The number of anilines is 1. The van der Waals surface area contributed by atoms with E-state index >= 15 is 0 Å². The molecule has 0 aliphatic heterocycles. The molecule has 0 unspecified atom stereocenters. The van der Waals surface area contributed by atoms with Gasteiger partial charge in [-0.1, -0.05) is 48.5 Å². The molecule has 0 bridgehead atoms.